The standard InChI is InChI=1S/C27H35N5O6/c1-16(2)38-27(37)24-9-6-12-32(24)26(36)22(11-10-19(34)14-28)31-25(35)23(30-17(3)33)13-18-15-29-21-8-5-4-7-20(18)21/h4-5,7-8,14-16,22-24,28-29H,6,9-13H2,1-3H3,(H,30,33)(H,31,35)/t22-,23-,24-/m0/s1. The summed E-state index contributed by atoms with van der Waals surface area (Å²) in [4.78, 5) is 67.9. The number of H-pyrrole nitrogens is 1. The molecular formula is C27H35N5O6. The summed E-state index contributed by atoms with van der Waals surface area (Å²) < 4.78 is 5.31. The molecule has 4 N–H and O–H groups in total. The Hall–Kier alpha value is -4.02. The number of benzene rings is 1. The Morgan fingerprint density at radius 1 is 1.16 bits per heavy atom. The number of likely N-dealkylation sites (tertiary alicyclic amines) is 1. The van der Waals surface area contributed by atoms with Crippen molar-refractivity contribution in [1.29, 1.82) is 5.41 Å². The molecule has 11 heteroatoms. The van der Waals surface area contributed by atoms with Crippen LogP contribution in [0.5, 0.6) is 0 Å². The Labute approximate surface area is 221 Å². The van der Waals surface area contributed by atoms with Gasteiger partial charge in [-0.2, -0.15) is 0 Å². The van der Waals surface area contributed by atoms with E-state index >= 15 is 0 Å². The molecule has 1 fully saturated rings. The third-order valence-corrected chi connectivity index (χ3v) is 6.41. The number of ether oxygens (including phenoxy) is 1. The molecule has 1 aliphatic rings. The molecule has 0 spiro atoms. The molecule has 0 bridgehead atoms. The van der Waals surface area contributed by atoms with Crippen LogP contribution in [0.15, 0.2) is 30.5 Å². The highest BCUT2D eigenvalue weighted by Crippen LogP contribution is 2.22. The number of para-hydroxylation sites is 1. The Morgan fingerprint density at radius 2 is 1.89 bits per heavy atom. The van der Waals surface area contributed by atoms with Gasteiger partial charge in [0.25, 0.3) is 0 Å². The number of hydrogen-bond acceptors (Lipinski definition) is 7. The highest BCUT2D eigenvalue weighted by atomic mass is 16.5. The van der Waals surface area contributed by atoms with Crippen molar-refractivity contribution in [3.8, 4) is 0 Å². The number of rotatable bonds is 12. The predicted octanol–water partition coefficient (Wildman–Crippen LogP) is 1.64. The van der Waals surface area contributed by atoms with Crippen LogP contribution in [0.3, 0.4) is 0 Å². The topological polar surface area (TPSA) is 162 Å². The Kier molecular flexibility index (Phi) is 9.75. The smallest absolute Gasteiger partial charge is 0.329 e. The van der Waals surface area contributed by atoms with E-state index in [1.54, 1.807) is 20.0 Å². The molecule has 38 heavy (non-hydrogen) atoms. The molecule has 1 aliphatic heterocycles. The quantitative estimate of drug-likeness (QED) is 0.243. The molecule has 0 saturated carbocycles. The minimum atomic E-state index is -1.13. The average Bonchev–Trinajstić information content (AvgIpc) is 3.52. The van der Waals surface area contributed by atoms with Gasteiger partial charge in [-0.05, 0) is 44.7 Å². The number of esters is 1. The summed E-state index contributed by atoms with van der Waals surface area (Å²) in [7, 11) is 0. The summed E-state index contributed by atoms with van der Waals surface area (Å²) in [5, 5.41) is 13.4. The van der Waals surface area contributed by atoms with Gasteiger partial charge in [-0.25, -0.2) is 4.79 Å². The molecule has 0 unspecified atom stereocenters. The number of nitrogens with one attached hydrogen (secondary N) is 4. The number of aromatic amines is 1. The molecule has 3 atom stereocenters. The van der Waals surface area contributed by atoms with E-state index < -0.39 is 47.6 Å². The molecule has 1 saturated heterocycles. The van der Waals surface area contributed by atoms with Gasteiger partial charge >= 0.3 is 5.97 Å². The summed E-state index contributed by atoms with van der Waals surface area (Å²) in [5.74, 6) is -2.52. The second-order valence-electron chi connectivity index (χ2n) is 9.70. The number of carbonyl (C=O) groups is 5. The van der Waals surface area contributed by atoms with Gasteiger partial charge in [-0.3, -0.25) is 19.2 Å². The third-order valence-electron chi connectivity index (χ3n) is 6.41. The number of nitrogens with zero attached hydrogens (tertiary/aromatic N) is 1. The molecule has 3 rings (SSSR count). The maximum Gasteiger partial charge on any atom is 0.329 e. The lowest BCUT2D eigenvalue weighted by atomic mass is 10.0. The van der Waals surface area contributed by atoms with Crippen molar-refractivity contribution in [2.45, 2.75) is 77.1 Å². The lowest BCUT2D eigenvalue weighted by molar-refractivity contribution is -0.157. The van der Waals surface area contributed by atoms with Crippen molar-refractivity contribution in [2.24, 2.45) is 0 Å². The second kappa shape index (κ2) is 13.0. The number of fused-ring (bicyclic) bond motifs is 1. The number of ketones is 1. The summed E-state index contributed by atoms with van der Waals surface area (Å²) in [6, 6.07) is 4.67. The van der Waals surface area contributed by atoms with Crippen molar-refractivity contribution >= 4 is 46.6 Å². The van der Waals surface area contributed by atoms with Crippen LogP contribution in [0, 0.1) is 5.41 Å². The lowest BCUT2D eigenvalue weighted by Gasteiger charge is -2.29. The van der Waals surface area contributed by atoms with Crippen molar-refractivity contribution in [2.75, 3.05) is 6.54 Å². The van der Waals surface area contributed by atoms with E-state index in [0.29, 0.717) is 25.6 Å². The number of amides is 3. The van der Waals surface area contributed by atoms with Crippen molar-refractivity contribution in [3.05, 3.63) is 36.0 Å². The largest absolute Gasteiger partial charge is 0.461 e. The first-order valence-electron chi connectivity index (χ1n) is 12.8. The van der Waals surface area contributed by atoms with Gasteiger partial charge in [0.05, 0.1) is 12.3 Å². The third kappa shape index (κ3) is 7.27. The number of aromatic nitrogens is 1. The first-order valence-corrected chi connectivity index (χ1v) is 12.8. The van der Waals surface area contributed by atoms with E-state index in [-0.39, 0.29) is 25.4 Å². The molecule has 204 valence electrons. The SMILES string of the molecule is CC(=O)N[C@@H](Cc1c[nH]c2ccccc12)C(=O)N[C@@H](CCC(=O)C=N)C(=O)N1CCC[C@H]1C(=O)OC(C)C. The van der Waals surface area contributed by atoms with Crippen molar-refractivity contribution in [1.82, 2.24) is 20.5 Å². The summed E-state index contributed by atoms with van der Waals surface area (Å²) >= 11 is 0. The van der Waals surface area contributed by atoms with Crippen LogP contribution in [0.25, 0.3) is 10.9 Å². The van der Waals surface area contributed by atoms with E-state index in [9.17, 15) is 24.0 Å². The Morgan fingerprint density at radius 3 is 2.58 bits per heavy atom. The highest BCUT2D eigenvalue weighted by molar-refractivity contribution is 6.26. The zero-order chi connectivity index (χ0) is 27.8. The van der Waals surface area contributed by atoms with E-state index in [2.05, 4.69) is 15.6 Å². The fourth-order valence-electron chi connectivity index (χ4n) is 4.65. The van der Waals surface area contributed by atoms with Crippen LogP contribution in [0.4, 0.5) is 0 Å². The first kappa shape index (κ1) is 28.5. The number of hydrogen-bond donors (Lipinski definition) is 4. The van der Waals surface area contributed by atoms with Crippen LogP contribution in [0.1, 0.15) is 52.0 Å². The molecule has 3 amide bonds. The molecule has 1 aromatic carbocycles. The normalized spacial score (nSPS) is 16.6. The minimum absolute atomic E-state index is 0.0545. The predicted molar refractivity (Wildman–Crippen MR) is 141 cm³/mol. The van der Waals surface area contributed by atoms with Gasteiger partial charge in [0.1, 0.15) is 18.1 Å². The Balaban J connectivity index is 1.82. The maximum absolute atomic E-state index is 13.6. The van der Waals surface area contributed by atoms with Gasteiger partial charge < -0.3 is 30.7 Å². The van der Waals surface area contributed by atoms with Crippen molar-refractivity contribution in [3.63, 3.8) is 0 Å². The lowest BCUT2D eigenvalue weighted by Crippen LogP contribution is -2.56. The van der Waals surface area contributed by atoms with Gasteiger partial charge in [0.2, 0.25) is 17.7 Å². The first-order chi connectivity index (χ1) is 18.1. The van der Waals surface area contributed by atoms with E-state index in [1.165, 1.54) is 11.8 Å². The fourth-order valence-corrected chi connectivity index (χ4v) is 4.65. The molecule has 1 aromatic heterocycles. The maximum atomic E-state index is 13.6. The van der Waals surface area contributed by atoms with E-state index in [0.717, 1.165) is 16.5 Å². The summed E-state index contributed by atoms with van der Waals surface area (Å²) in [6.07, 6.45) is 3.10. The zero-order valence-electron chi connectivity index (χ0n) is 21.9. The molecule has 2 aromatic rings. The van der Waals surface area contributed by atoms with Crippen LogP contribution in [-0.4, -0.2) is 76.3 Å². The Bertz CT molecular complexity index is 1210. The van der Waals surface area contributed by atoms with Gasteiger partial charge in [-0.1, -0.05) is 18.2 Å². The minimum Gasteiger partial charge on any atom is -0.461 e. The number of carbonyl (C=O) groups excluding carboxylic acids is 5. The molecule has 0 aliphatic carbocycles. The van der Waals surface area contributed by atoms with Gasteiger partial charge in [-0.15, -0.1) is 0 Å². The van der Waals surface area contributed by atoms with E-state index in [4.69, 9.17) is 10.1 Å². The van der Waals surface area contributed by atoms with Gasteiger partial charge in [0, 0.05) is 43.4 Å². The summed E-state index contributed by atoms with van der Waals surface area (Å²) in [5.41, 5.74) is 1.70. The average molecular weight is 526 g/mol. The highest BCUT2D eigenvalue weighted by Gasteiger charge is 2.39. The van der Waals surface area contributed by atoms with Crippen LogP contribution >= 0.6 is 0 Å². The van der Waals surface area contributed by atoms with Crippen molar-refractivity contribution < 1.29 is 28.7 Å². The second-order valence-corrected chi connectivity index (χ2v) is 9.70. The van der Waals surface area contributed by atoms with Crippen LogP contribution < -0.4 is 10.6 Å². The van der Waals surface area contributed by atoms with Gasteiger partial charge in [0.15, 0.2) is 5.78 Å². The number of Topliss-reactive ketones (excluding diaryl/α,β-unsaturated/α-hetero) is 1. The zero-order valence-corrected chi connectivity index (χ0v) is 21.9. The summed E-state index contributed by atoms with van der Waals surface area (Å²) in [6.45, 7) is 5.06. The molecule has 0 radical (unpaired) electrons. The molecule has 11 nitrogen and oxygen atoms in total. The molecule has 2 heterocycles. The van der Waals surface area contributed by atoms with Crippen LogP contribution in [0.2, 0.25) is 0 Å². The van der Waals surface area contributed by atoms with Crippen LogP contribution in [-0.2, 0) is 35.1 Å². The monoisotopic (exact) mass is 525 g/mol. The van der Waals surface area contributed by atoms with E-state index in [1.807, 2.05) is 24.3 Å². The fraction of sp³-hybridized carbons (Fsp3) is 0.481. The molecular weight excluding hydrogens is 490 g/mol.